The summed E-state index contributed by atoms with van der Waals surface area (Å²) < 4.78 is 5.71. The molecule has 0 unspecified atom stereocenters. The highest BCUT2D eigenvalue weighted by atomic mass is 32.1. The monoisotopic (exact) mass is 366 g/mol. The Kier molecular flexibility index (Phi) is 6.02. The molecule has 134 valence electrons. The Morgan fingerprint density at radius 2 is 1.81 bits per heavy atom. The Morgan fingerprint density at radius 1 is 1.08 bits per heavy atom. The van der Waals surface area contributed by atoms with Crippen molar-refractivity contribution in [1.29, 1.82) is 0 Å². The van der Waals surface area contributed by atoms with Crippen LogP contribution < -0.4 is 10.1 Å². The van der Waals surface area contributed by atoms with Gasteiger partial charge in [-0.25, -0.2) is 4.98 Å². The zero-order valence-corrected chi connectivity index (χ0v) is 15.8. The van der Waals surface area contributed by atoms with E-state index in [2.05, 4.69) is 10.3 Å². The number of para-hydroxylation sites is 1. The predicted octanol–water partition coefficient (Wildman–Crippen LogP) is 4.31. The zero-order valence-electron chi connectivity index (χ0n) is 15.0. The molecule has 2 aromatic carbocycles. The van der Waals surface area contributed by atoms with Crippen LogP contribution in [0.3, 0.4) is 0 Å². The van der Waals surface area contributed by atoms with Gasteiger partial charge in [0.1, 0.15) is 12.4 Å². The van der Waals surface area contributed by atoms with Gasteiger partial charge in [0.25, 0.3) is 5.91 Å². The highest BCUT2D eigenvalue weighted by molar-refractivity contribution is 7.11. The molecule has 1 N–H and O–H groups in total. The summed E-state index contributed by atoms with van der Waals surface area (Å²) in [4.78, 5) is 17.9. The summed E-state index contributed by atoms with van der Waals surface area (Å²) in [6.07, 6.45) is 0.812. The standard InChI is InChI=1S/C21H22N2O2S/c1-15-20(26-16(2)23-15)12-13-22-21(24)18-10-8-17(9-11-18)14-25-19-6-4-3-5-7-19/h3-11H,12-14H2,1-2H3,(H,22,24). The number of nitrogens with zero attached hydrogens (tertiary/aromatic N) is 1. The summed E-state index contributed by atoms with van der Waals surface area (Å²) in [5, 5.41) is 4.04. The lowest BCUT2D eigenvalue weighted by molar-refractivity contribution is 0.0954. The first-order chi connectivity index (χ1) is 12.6. The number of ether oxygens (including phenoxy) is 1. The number of thiazole rings is 1. The average molecular weight is 366 g/mol. The average Bonchev–Trinajstić information content (AvgIpc) is 2.98. The van der Waals surface area contributed by atoms with Crippen molar-refractivity contribution < 1.29 is 9.53 Å². The van der Waals surface area contributed by atoms with Gasteiger partial charge in [-0.3, -0.25) is 4.79 Å². The van der Waals surface area contributed by atoms with Crippen LogP contribution in [0.15, 0.2) is 54.6 Å². The Morgan fingerprint density at radius 3 is 2.46 bits per heavy atom. The molecule has 0 fully saturated rings. The number of aromatic nitrogens is 1. The van der Waals surface area contributed by atoms with Gasteiger partial charge >= 0.3 is 0 Å². The molecule has 0 saturated heterocycles. The lowest BCUT2D eigenvalue weighted by Gasteiger charge is -2.08. The molecular weight excluding hydrogens is 344 g/mol. The number of nitrogens with one attached hydrogen (secondary N) is 1. The SMILES string of the molecule is Cc1nc(C)c(CCNC(=O)c2ccc(COc3ccccc3)cc2)s1. The second-order valence-electron chi connectivity index (χ2n) is 6.05. The maximum Gasteiger partial charge on any atom is 0.251 e. The number of hydrogen-bond acceptors (Lipinski definition) is 4. The van der Waals surface area contributed by atoms with Crippen molar-refractivity contribution in [3.63, 3.8) is 0 Å². The van der Waals surface area contributed by atoms with Gasteiger partial charge in [-0.05, 0) is 43.7 Å². The fraction of sp³-hybridized carbons (Fsp3) is 0.238. The maximum atomic E-state index is 12.3. The largest absolute Gasteiger partial charge is 0.489 e. The molecule has 1 aromatic heterocycles. The third kappa shape index (κ3) is 4.92. The van der Waals surface area contributed by atoms with E-state index in [-0.39, 0.29) is 5.91 Å². The first-order valence-electron chi connectivity index (χ1n) is 8.60. The molecule has 0 aliphatic heterocycles. The summed E-state index contributed by atoms with van der Waals surface area (Å²) in [5.41, 5.74) is 2.75. The van der Waals surface area contributed by atoms with Crippen molar-refractivity contribution in [2.45, 2.75) is 26.9 Å². The highest BCUT2D eigenvalue weighted by Crippen LogP contribution is 2.17. The van der Waals surface area contributed by atoms with Crippen LogP contribution >= 0.6 is 11.3 Å². The molecule has 0 spiro atoms. The van der Waals surface area contributed by atoms with E-state index in [4.69, 9.17) is 4.74 Å². The summed E-state index contributed by atoms with van der Waals surface area (Å²) in [5.74, 6) is 0.780. The third-order valence-corrected chi connectivity index (χ3v) is 5.13. The lowest BCUT2D eigenvalue weighted by Crippen LogP contribution is -2.25. The summed E-state index contributed by atoms with van der Waals surface area (Å²) in [6.45, 7) is 5.11. The van der Waals surface area contributed by atoms with E-state index in [0.717, 1.165) is 28.4 Å². The van der Waals surface area contributed by atoms with Gasteiger partial charge in [0.15, 0.2) is 0 Å². The van der Waals surface area contributed by atoms with E-state index >= 15 is 0 Å². The van der Waals surface area contributed by atoms with E-state index in [0.29, 0.717) is 18.7 Å². The Labute approximate surface area is 157 Å². The molecule has 0 bridgehead atoms. The van der Waals surface area contributed by atoms with Crippen LogP contribution in [0.4, 0.5) is 0 Å². The van der Waals surface area contributed by atoms with Crippen molar-refractivity contribution in [2.75, 3.05) is 6.54 Å². The molecule has 1 amide bonds. The molecule has 3 aromatic rings. The number of rotatable bonds is 7. The molecular formula is C21H22N2O2S. The van der Waals surface area contributed by atoms with E-state index in [1.165, 1.54) is 4.88 Å². The minimum Gasteiger partial charge on any atom is -0.489 e. The first-order valence-corrected chi connectivity index (χ1v) is 9.41. The van der Waals surface area contributed by atoms with Gasteiger partial charge in [0.2, 0.25) is 0 Å². The molecule has 0 radical (unpaired) electrons. The number of aryl methyl sites for hydroxylation is 2. The minimum atomic E-state index is -0.0561. The van der Waals surface area contributed by atoms with Crippen LogP contribution in [0.1, 0.15) is 31.5 Å². The molecule has 0 aliphatic carbocycles. The number of carbonyl (C=O) groups excluding carboxylic acids is 1. The van der Waals surface area contributed by atoms with Gasteiger partial charge < -0.3 is 10.1 Å². The number of carbonyl (C=O) groups is 1. The summed E-state index contributed by atoms with van der Waals surface area (Å²) in [6, 6.07) is 17.2. The number of amides is 1. The topological polar surface area (TPSA) is 51.2 Å². The van der Waals surface area contributed by atoms with Crippen LogP contribution in [0.5, 0.6) is 5.75 Å². The quantitative estimate of drug-likeness (QED) is 0.678. The van der Waals surface area contributed by atoms with Crippen molar-refractivity contribution in [3.8, 4) is 5.75 Å². The van der Waals surface area contributed by atoms with Gasteiger partial charge in [-0.1, -0.05) is 30.3 Å². The summed E-state index contributed by atoms with van der Waals surface area (Å²) >= 11 is 1.69. The van der Waals surface area contributed by atoms with Crippen molar-refractivity contribution in [2.24, 2.45) is 0 Å². The smallest absolute Gasteiger partial charge is 0.251 e. The molecule has 26 heavy (non-hydrogen) atoms. The molecule has 3 rings (SSSR count). The third-order valence-electron chi connectivity index (χ3n) is 4.00. The second kappa shape index (κ2) is 8.63. The second-order valence-corrected chi connectivity index (χ2v) is 7.33. The molecule has 5 heteroatoms. The van der Waals surface area contributed by atoms with Gasteiger partial charge in [0, 0.05) is 23.4 Å². The van der Waals surface area contributed by atoms with Gasteiger partial charge in [-0.2, -0.15) is 0 Å². The minimum absolute atomic E-state index is 0.0561. The van der Waals surface area contributed by atoms with Gasteiger partial charge in [0.05, 0.1) is 10.7 Å². The van der Waals surface area contributed by atoms with E-state index in [1.54, 1.807) is 11.3 Å². The Balaban J connectivity index is 1.48. The zero-order chi connectivity index (χ0) is 18.4. The molecule has 0 aliphatic rings. The molecule has 0 atom stereocenters. The van der Waals surface area contributed by atoms with E-state index in [9.17, 15) is 4.79 Å². The summed E-state index contributed by atoms with van der Waals surface area (Å²) in [7, 11) is 0. The van der Waals surface area contributed by atoms with Crippen molar-refractivity contribution in [3.05, 3.63) is 81.3 Å². The molecule has 1 heterocycles. The Hall–Kier alpha value is -2.66. The number of hydrogen-bond donors (Lipinski definition) is 1. The normalized spacial score (nSPS) is 10.5. The molecule has 0 saturated carbocycles. The van der Waals surface area contributed by atoms with Crippen LogP contribution in [-0.4, -0.2) is 17.4 Å². The highest BCUT2D eigenvalue weighted by Gasteiger charge is 2.08. The number of benzene rings is 2. The Bertz CT molecular complexity index is 857. The fourth-order valence-electron chi connectivity index (χ4n) is 2.63. The van der Waals surface area contributed by atoms with Crippen molar-refractivity contribution in [1.82, 2.24) is 10.3 Å². The van der Waals surface area contributed by atoms with Gasteiger partial charge in [-0.15, -0.1) is 11.3 Å². The molecule has 4 nitrogen and oxygen atoms in total. The lowest BCUT2D eigenvalue weighted by atomic mass is 10.1. The van der Waals surface area contributed by atoms with Crippen LogP contribution in [0.2, 0.25) is 0 Å². The predicted molar refractivity (Wildman–Crippen MR) is 105 cm³/mol. The van der Waals surface area contributed by atoms with Crippen molar-refractivity contribution >= 4 is 17.2 Å². The van der Waals surface area contributed by atoms with E-state index in [1.807, 2.05) is 68.4 Å². The van der Waals surface area contributed by atoms with E-state index < -0.39 is 0 Å². The fourth-order valence-corrected chi connectivity index (χ4v) is 3.57. The van der Waals surface area contributed by atoms with Crippen LogP contribution in [0, 0.1) is 13.8 Å². The first kappa shape index (κ1) is 18.1. The van der Waals surface area contributed by atoms with Crippen LogP contribution in [-0.2, 0) is 13.0 Å². The van der Waals surface area contributed by atoms with Crippen LogP contribution in [0.25, 0.3) is 0 Å². The maximum absolute atomic E-state index is 12.3.